The van der Waals surface area contributed by atoms with Gasteiger partial charge in [-0.25, -0.2) is 9.37 Å². The highest BCUT2D eigenvalue weighted by molar-refractivity contribution is 7.09. The Kier molecular flexibility index (Phi) is 8.58. The van der Waals surface area contributed by atoms with Crippen LogP contribution in [0.2, 0.25) is 0 Å². The van der Waals surface area contributed by atoms with Crippen LogP contribution in [0, 0.1) is 24.2 Å². The highest BCUT2D eigenvalue weighted by atomic mass is 32.1. The number of rotatable bonds is 3. The molecule has 7 atom stereocenters. The second kappa shape index (κ2) is 11.2. The lowest BCUT2D eigenvalue weighted by atomic mass is 9.58. The molecule has 0 amide bonds. The average molecular weight is 538 g/mol. The summed E-state index contributed by atoms with van der Waals surface area (Å²) in [5.74, 6) is -2.26. The Hall–Kier alpha value is -1.68. The number of aliphatic hydroxyl groups is 2. The lowest BCUT2D eigenvalue weighted by molar-refractivity contribution is -0.162. The maximum atomic E-state index is 15.4. The van der Waals surface area contributed by atoms with Crippen molar-refractivity contribution in [2.75, 3.05) is 0 Å². The van der Waals surface area contributed by atoms with Crippen molar-refractivity contribution in [2.45, 2.75) is 115 Å². The first-order valence-electron chi connectivity index (χ1n) is 13.6. The molecule has 7 unspecified atom stereocenters. The Balaban J connectivity index is 1.59. The number of ketones is 1. The van der Waals surface area contributed by atoms with Gasteiger partial charge in [0, 0.05) is 17.7 Å². The van der Waals surface area contributed by atoms with E-state index in [1.54, 1.807) is 5.38 Å². The number of thiazole rings is 1. The lowest BCUT2D eigenvalue weighted by Crippen LogP contribution is -2.53. The number of epoxide rings is 1. The number of nitrogens with zero attached hydrogens (tertiary/aromatic N) is 1. The molecule has 1 spiro atoms. The largest absolute Gasteiger partial charge is 0.455 e. The predicted molar refractivity (Wildman–Crippen MR) is 138 cm³/mol. The number of aromatic nitrogens is 1. The van der Waals surface area contributed by atoms with Crippen LogP contribution >= 0.6 is 11.3 Å². The van der Waals surface area contributed by atoms with Crippen molar-refractivity contribution in [3.63, 3.8) is 0 Å². The molecule has 0 aromatic carbocycles. The molecule has 1 saturated carbocycles. The molecule has 4 rings (SSSR count). The van der Waals surface area contributed by atoms with E-state index in [0.29, 0.717) is 25.0 Å². The number of carbonyl (C=O) groups excluding carboxylic acids is 2. The van der Waals surface area contributed by atoms with Crippen LogP contribution in [-0.4, -0.2) is 57.0 Å². The summed E-state index contributed by atoms with van der Waals surface area (Å²) in [4.78, 5) is 30.9. The standard InChI is InChI=1S/C28H40FNO6S/c1-5-19-25(33)16(2)8-6-9-27(4)23(36-27)13-21(20(29)12-18-15-37-17(3)30-18)35-24(32)14-22(31)28(26(19)34)10-7-11-28/h12,15-16,19,21-23,25,31,33H,5-11,13-14H2,1-4H3. The van der Waals surface area contributed by atoms with Gasteiger partial charge in [0.1, 0.15) is 11.6 Å². The summed E-state index contributed by atoms with van der Waals surface area (Å²) < 4.78 is 26.9. The van der Waals surface area contributed by atoms with Gasteiger partial charge in [-0.3, -0.25) is 9.59 Å². The molecular weight excluding hydrogens is 497 g/mol. The van der Waals surface area contributed by atoms with E-state index in [0.717, 1.165) is 30.7 Å². The number of halogens is 1. The number of Topliss-reactive ketones (excluding diaryl/α,β-unsaturated/α-hetero) is 1. The number of aryl methyl sites for hydroxylation is 1. The molecule has 0 radical (unpaired) electrons. The summed E-state index contributed by atoms with van der Waals surface area (Å²) in [5.41, 5.74) is -1.07. The molecule has 2 aliphatic heterocycles. The van der Waals surface area contributed by atoms with Crippen LogP contribution in [0.25, 0.3) is 6.08 Å². The quantitative estimate of drug-likeness (QED) is 0.416. The fourth-order valence-corrected chi connectivity index (χ4v) is 6.63. The number of ether oxygens (including phenoxy) is 2. The van der Waals surface area contributed by atoms with E-state index in [4.69, 9.17) is 9.47 Å². The number of fused-ring (bicyclic) bond motifs is 1. The van der Waals surface area contributed by atoms with Crippen molar-refractivity contribution in [2.24, 2.45) is 17.3 Å². The summed E-state index contributed by atoms with van der Waals surface area (Å²) in [6, 6.07) is 0. The molecule has 1 aliphatic carbocycles. The molecule has 1 aromatic heterocycles. The second-order valence-electron chi connectivity index (χ2n) is 11.4. The molecule has 7 nitrogen and oxygen atoms in total. The van der Waals surface area contributed by atoms with Crippen LogP contribution in [-0.2, 0) is 19.1 Å². The minimum absolute atomic E-state index is 0.100. The van der Waals surface area contributed by atoms with E-state index in [1.165, 1.54) is 17.4 Å². The van der Waals surface area contributed by atoms with Crippen molar-refractivity contribution in [1.82, 2.24) is 4.98 Å². The van der Waals surface area contributed by atoms with Crippen LogP contribution in [0.3, 0.4) is 0 Å². The van der Waals surface area contributed by atoms with E-state index in [1.807, 2.05) is 27.7 Å². The molecule has 206 valence electrons. The van der Waals surface area contributed by atoms with Crippen LogP contribution in [0.15, 0.2) is 11.2 Å². The van der Waals surface area contributed by atoms with Gasteiger partial charge in [-0.05, 0) is 57.9 Å². The van der Waals surface area contributed by atoms with Crippen LogP contribution in [0.1, 0.15) is 89.3 Å². The highest BCUT2D eigenvalue weighted by Gasteiger charge is 2.55. The first-order valence-corrected chi connectivity index (χ1v) is 14.4. The summed E-state index contributed by atoms with van der Waals surface area (Å²) in [7, 11) is 0. The van der Waals surface area contributed by atoms with Crippen LogP contribution < -0.4 is 0 Å². The van der Waals surface area contributed by atoms with Crippen molar-refractivity contribution >= 4 is 29.2 Å². The number of hydrogen-bond donors (Lipinski definition) is 2. The predicted octanol–water partition coefficient (Wildman–Crippen LogP) is 4.92. The lowest BCUT2D eigenvalue weighted by Gasteiger charge is -2.46. The van der Waals surface area contributed by atoms with Gasteiger partial charge < -0.3 is 19.7 Å². The van der Waals surface area contributed by atoms with Crippen LogP contribution in [0.4, 0.5) is 4.39 Å². The van der Waals surface area contributed by atoms with Crippen molar-refractivity contribution < 1.29 is 33.7 Å². The first-order chi connectivity index (χ1) is 17.5. The smallest absolute Gasteiger partial charge is 0.309 e. The third-order valence-corrected chi connectivity index (χ3v) is 9.60. The molecule has 2 N–H and O–H groups in total. The number of carbonyl (C=O) groups is 2. The molecule has 3 fully saturated rings. The van der Waals surface area contributed by atoms with Crippen molar-refractivity contribution in [3.05, 3.63) is 21.9 Å². The monoisotopic (exact) mass is 537 g/mol. The van der Waals surface area contributed by atoms with Gasteiger partial charge in [0.2, 0.25) is 0 Å². The van der Waals surface area contributed by atoms with Gasteiger partial charge in [0.05, 0.1) is 46.5 Å². The third-order valence-electron chi connectivity index (χ3n) is 8.81. The van der Waals surface area contributed by atoms with E-state index < -0.39 is 53.5 Å². The average Bonchev–Trinajstić information content (AvgIpc) is 3.24. The van der Waals surface area contributed by atoms with E-state index in [2.05, 4.69) is 4.98 Å². The highest BCUT2D eigenvalue weighted by Crippen LogP contribution is 2.49. The zero-order valence-corrected chi connectivity index (χ0v) is 23.1. The van der Waals surface area contributed by atoms with Gasteiger partial charge in [-0.15, -0.1) is 11.3 Å². The Labute approximate surface area is 222 Å². The van der Waals surface area contributed by atoms with Crippen molar-refractivity contribution in [3.8, 4) is 0 Å². The zero-order chi connectivity index (χ0) is 27.0. The Morgan fingerprint density at radius 3 is 2.59 bits per heavy atom. The summed E-state index contributed by atoms with van der Waals surface area (Å²) in [6.45, 7) is 7.62. The first kappa shape index (κ1) is 28.3. The maximum Gasteiger partial charge on any atom is 0.309 e. The maximum absolute atomic E-state index is 15.4. The number of esters is 1. The summed E-state index contributed by atoms with van der Waals surface area (Å²) >= 11 is 1.40. The van der Waals surface area contributed by atoms with Gasteiger partial charge in [0.15, 0.2) is 6.10 Å². The number of cyclic esters (lactones) is 1. The SMILES string of the molecule is CCC1C(=O)C2(CCC2)C(O)CC(=O)OC(C(F)=Cc2csc(C)n2)CC2OC2(C)CCCC(C)C1O. The number of hydrogen-bond acceptors (Lipinski definition) is 8. The van der Waals surface area contributed by atoms with E-state index >= 15 is 4.39 Å². The van der Waals surface area contributed by atoms with Gasteiger partial charge in [-0.2, -0.15) is 0 Å². The van der Waals surface area contributed by atoms with Gasteiger partial charge >= 0.3 is 5.97 Å². The fraction of sp³-hybridized carbons (Fsp3) is 0.750. The fourth-order valence-electron chi connectivity index (χ4n) is 6.06. The van der Waals surface area contributed by atoms with E-state index in [9.17, 15) is 19.8 Å². The molecule has 9 heteroatoms. The van der Waals surface area contributed by atoms with Crippen LogP contribution in [0.5, 0.6) is 0 Å². The minimum atomic E-state index is -1.25. The molecule has 3 heterocycles. The summed E-state index contributed by atoms with van der Waals surface area (Å²) in [5, 5.41) is 24.7. The third kappa shape index (κ3) is 6.00. The Morgan fingerprint density at radius 2 is 2.00 bits per heavy atom. The van der Waals surface area contributed by atoms with E-state index in [-0.39, 0.29) is 24.2 Å². The Morgan fingerprint density at radius 1 is 1.27 bits per heavy atom. The second-order valence-corrected chi connectivity index (χ2v) is 12.5. The zero-order valence-electron chi connectivity index (χ0n) is 22.2. The molecule has 3 aliphatic rings. The molecule has 0 bridgehead atoms. The molecule has 1 aromatic rings. The molecular formula is C28H40FNO6S. The molecule has 37 heavy (non-hydrogen) atoms. The summed E-state index contributed by atoms with van der Waals surface area (Å²) in [6.07, 6.45) is 1.91. The molecule has 2 saturated heterocycles. The minimum Gasteiger partial charge on any atom is -0.455 e. The van der Waals surface area contributed by atoms with Gasteiger partial charge in [-0.1, -0.05) is 26.7 Å². The Bertz CT molecular complexity index is 1020. The normalized spacial score (nSPS) is 37.5. The number of aliphatic hydroxyl groups excluding tert-OH is 2. The van der Waals surface area contributed by atoms with Crippen molar-refractivity contribution in [1.29, 1.82) is 0 Å². The topological polar surface area (TPSA) is 109 Å². The van der Waals surface area contributed by atoms with Gasteiger partial charge in [0.25, 0.3) is 0 Å².